The number of carbonyl (C=O) groups is 3. The van der Waals surface area contributed by atoms with Crippen LogP contribution in [-0.4, -0.2) is 30.9 Å². The molecule has 1 unspecified atom stereocenters. The van der Waals surface area contributed by atoms with Crippen LogP contribution in [0.5, 0.6) is 0 Å². The lowest BCUT2D eigenvalue weighted by molar-refractivity contribution is -0.150. The second kappa shape index (κ2) is 6.22. The van der Waals surface area contributed by atoms with Crippen molar-refractivity contribution in [3.63, 3.8) is 0 Å². The molecule has 1 aliphatic heterocycles. The topological polar surface area (TPSA) is 98.5 Å². The zero-order valence-electron chi connectivity index (χ0n) is 9.90. The summed E-state index contributed by atoms with van der Waals surface area (Å²) in [5.41, 5.74) is 5.19. The van der Waals surface area contributed by atoms with Gasteiger partial charge in [-0.3, -0.25) is 14.4 Å². The van der Waals surface area contributed by atoms with Crippen molar-refractivity contribution in [2.24, 2.45) is 17.6 Å². The van der Waals surface area contributed by atoms with Gasteiger partial charge in [-0.1, -0.05) is 13.3 Å². The summed E-state index contributed by atoms with van der Waals surface area (Å²) in [7, 11) is 0. The van der Waals surface area contributed by atoms with E-state index in [4.69, 9.17) is 10.5 Å². The number of primary amides is 1. The van der Waals surface area contributed by atoms with Gasteiger partial charge >= 0.3 is 5.97 Å². The average Bonchev–Trinajstić information content (AvgIpc) is 2.70. The third-order valence-corrected chi connectivity index (χ3v) is 2.78. The van der Waals surface area contributed by atoms with Gasteiger partial charge in [0.2, 0.25) is 11.8 Å². The quantitative estimate of drug-likeness (QED) is 0.617. The van der Waals surface area contributed by atoms with Crippen molar-refractivity contribution in [2.45, 2.75) is 26.2 Å². The maximum atomic E-state index is 11.6. The highest BCUT2D eigenvalue weighted by Crippen LogP contribution is 2.13. The first kappa shape index (κ1) is 13.5. The fraction of sp³-hybridized carbons (Fsp3) is 0.727. The normalized spacial score (nSPS) is 20.8. The van der Waals surface area contributed by atoms with Gasteiger partial charge in [0.05, 0.1) is 11.8 Å². The van der Waals surface area contributed by atoms with Crippen molar-refractivity contribution in [3.8, 4) is 0 Å². The van der Waals surface area contributed by atoms with Gasteiger partial charge in [0, 0.05) is 13.0 Å². The molecule has 0 aromatic heterocycles. The van der Waals surface area contributed by atoms with E-state index in [1.165, 1.54) is 0 Å². The van der Waals surface area contributed by atoms with Crippen LogP contribution in [0.2, 0.25) is 0 Å². The molecule has 0 aliphatic carbocycles. The third kappa shape index (κ3) is 4.05. The molecule has 0 aromatic carbocycles. The van der Waals surface area contributed by atoms with Gasteiger partial charge in [0.25, 0.3) is 0 Å². The molecule has 2 atom stereocenters. The molecule has 0 aromatic rings. The van der Waals surface area contributed by atoms with E-state index >= 15 is 0 Å². The summed E-state index contributed by atoms with van der Waals surface area (Å²) in [5.74, 6) is -1.91. The Morgan fingerprint density at radius 1 is 1.59 bits per heavy atom. The van der Waals surface area contributed by atoms with Gasteiger partial charge in [-0.25, -0.2) is 0 Å². The van der Waals surface area contributed by atoms with Crippen LogP contribution in [0, 0.1) is 11.8 Å². The molecule has 1 fully saturated rings. The molecule has 1 saturated heterocycles. The van der Waals surface area contributed by atoms with Crippen LogP contribution in [0.4, 0.5) is 0 Å². The van der Waals surface area contributed by atoms with Crippen molar-refractivity contribution < 1.29 is 19.1 Å². The molecule has 0 saturated carbocycles. The van der Waals surface area contributed by atoms with Crippen LogP contribution in [-0.2, 0) is 19.1 Å². The zero-order valence-corrected chi connectivity index (χ0v) is 9.90. The van der Waals surface area contributed by atoms with E-state index in [1.54, 1.807) is 0 Å². The van der Waals surface area contributed by atoms with E-state index in [0.29, 0.717) is 13.0 Å². The maximum Gasteiger partial charge on any atom is 0.311 e. The van der Waals surface area contributed by atoms with E-state index in [1.807, 2.05) is 6.92 Å². The van der Waals surface area contributed by atoms with E-state index in [0.717, 1.165) is 6.42 Å². The summed E-state index contributed by atoms with van der Waals surface area (Å²) in [4.78, 5) is 33.5. The molecule has 96 valence electrons. The first-order valence-corrected chi connectivity index (χ1v) is 5.77. The van der Waals surface area contributed by atoms with Crippen molar-refractivity contribution in [2.75, 3.05) is 13.2 Å². The summed E-state index contributed by atoms with van der Waals surface area (Å²) in [6.45, 7) is 2.25. The minimum atomic E-state index is -0.458. The van der Waals surface area contributed by atoms with Crippen LogP contribution in [0.1, 0.15) is 26.2 Å². The smallest absolute Gasteiger partial charge is 0.311 e. The lowest BCUT2D eigenvalue weighted by Crippen LogP contribution is -2.30. The molecule has 0 radical (unpaired) electrons. The predicted molar refractivity (Wildman–Crippen MR) is 59.7 cm³/mol. The molecule has 0 bridgehead atoms. The molecule has 17 heavy (non-hydrogen) atoms. The molecule has 3 N–H and O–H groups in total. The fourth-order valence-corrected chi connectivity index (χ4v) is 1.73. The minimum Gasteiger partial charge on any atom is -0.465 e. The van der Waals surface area contributed by atoms with Gasteiger partial charge in [-0.15, -0.1) is 0 Å². The summed E-state index contributed by atoms with van der Waals surface area (Å²) < 4.78 is 5.02. The summed E-state index contributed by atoms with van der Waals surface area (Å²) in [5, 5.41) is 2.55. The Kier molecular flexibility index (Phi) is 4.93. The highest BCUT2D eigenvalue weighted by Gasteiger charge is 2.30. The Balaban J connectivity index is 2.35. The maximum absolute atomic E-state index is 11.6. The van der Waals surface area contributed by atoms with E-state index in [2.05, 4.69) is 5.32 Å². The molecule has 6 heteroatoms. The molecular weight excluding hydrogens is 224 g/mol. The number of hydrogen-bond donors (Lipinski definition) is 2. The second-order valence-corrected chi connectivity index (χ2v) is 4.22. The molecule has 6 nitrogen and oxygen atoms in total. The standard InChI is InChI=1S/C11H18N2O4/c1-2-3-7(10(12)15)6-17-11(16)8-4-9(14)13-5-8/h7-8H,2-6H2,1H3,(H2,12,15)(H,13,14)/t7-,8?/m0/s1. The molecule has 0 spiro atoms. The molecular formula is C11H18N2O4. The summed E-state index contributed by atoms with van der Waals surface area (Å²) in [6.07, 6.45) is 1.56. The van der Waals surface area contributed by atoms with Crippen molar-refractivity contribution in [1.82, 2.24) is 5.32 Å². The zero-order chi connectivity index (χ0) is 12.8. The summed E-state index contributed by atoms with van der Waals surface area (Å²) in [6, 6.07) is 0. The number of ether oxygens (including phenoxy) is 1. The van der Waals surface area contributed by atoms with Crippen LogP contribution >= 0.6 is 0 Å². The van der Waals surface area contributed by atoms with Crippen LogP contribution in [0.3, 0.4) is 0 Å². The Bertz CT molecular complexity index is 317. The molecule has 1 rings (SSSR count). The highest BCUT2D eigenvalue weighted by atomic mass is 16.5. The Morgan fingerprint density at radius 2 is 2.29 bits per heavy atom. The second-order valence-electron chi connectivity index (χ2n) is 4.22. The highest BCUT2D eigenvalue weighted by molar-refractivity contribution is 5.86. The number of amides is 2. The van der Waals surface area contributed by atoms with E-state index in [-0.39, 0.29) is 18.9 Å². The van der Waals surface area contributed by atoms with Crippen molar-refractivity contribution >= 4 is 17.8 Å². The van der Waals surface area contributed by atoms with Crippen molar-refractivity contribution in [3.05, 3.63) is 0 Å². The Hall–Kier alpha value is -1.59. The molecule has 1 heterocycles. The summed E-state index contributed by atoms with van der Waals surface area (Å²) >= 11 is 0. The minimum absolute atomic E-state index is 0.00664. The van der Waals surface area contributed by atoms with Gasteiger partial charge < -0.3 is 15.8 Å². The van der Waals surface area contributed by atoms with Crippen molar-refractivity contribution in [1.29, 1.82) is 0 Å². The lowest BCUT2D eigenvalue weighted by Gasteiger charge is -2.14. The van der Waals surface area contributed by atoms with E-state index in [9.17, 15) is 14.4 Å². The predicted octanol–water partition coefficient (Wildman–Crippen LogP) is -0.433. The van der Waals surface area contributed by atoms with Gasteiger partial charge in [0.15, 0.2) is 0 Å². The Labute approximate surface area is 99.9 Å². The number of nitrogens with one attached hydrogen (secondary N) is 1. The van der Waals surface area contributed by atoms with Crippen LogP contribution in [0.25, 0.3) is 0 Å². The van der Waals surface area contributed by atoms with Gasteiger partial charge in [-0.2, -0.15) is 0 Å². The number of nitrogens with two attached hydrogens (primary N) is 1. The molecule has 1 aliphatic rings. The fourth-order valence-electron chi connectivity index (χ4n) is 1.73. The van der Waals surface area contributed by atoms with E-state index < -0.39 is 23.7 Å². The van der Waals surface area contributed by atoms with Gasteiger partial charge in [-0.05, 0) is 6.42 Å². The number of carbonyl (C=O) groups excluding carboxylic acids is 3. The van der Waals surface area contributed by atoms with Crippen LogP contribution in [0.15, 0.2) is 0 Å². The number of esters is 1. The average molecular weight is 242 g/mol. The third-order valence-electron chi connectivity index (χ3n) is 2.78. The SMILES string of the molecule is CCC[C@@H](COC(=O)C1CNC(=O)C1)C(N)=O. The lowest BCUT2D eigenvalue weighted by atomic mass is 10.0. The van der Waals surface area contributed by atoms with Gasteiger partial charge in [0.1, 0.15) is 6.61 Å². The number of rotatable bonds is 6. The Morgan fingerprint density at radius 3 is 2.76 bits per heavy atom. The van der Waals surface area contributed by atoms with Crippen LogP contribution < -0.4 is 11.1 Å². The largest absolute Gasteiger partial charge is 0.465 e. The first-order valence-electron chi connectivity index (χ1n) is 5.77. The molecule has 2 amide bonds. The number of hydrogen-bond acceptors (Lipinski definition) is 4. The first-order chi connectivity index (χ1) is 8.04. The monoisotopic (exact) mass is 242 g/mol.